The van der Waals surface area contributed by atoms with Crippen molar-refractivity contribution in [3.63, 3.8) is 0 Å². The van der Waals surface area contributed by atoms with Gasteiger partial charge in [-0.25, -0.2) is 0 Å². The van der Waals surface area contributed by atoms with Crippen LogP contribution in [0.1, 0.15) is 25.0 Å². The van der Waals surface area contributed by atoms with Crippen molar-refractivity contribution in [3.8, 4) is 11.5 Å². The topological polar surface area (TPSA) is 49.7 Å². The minimum atomic E-state index is -1.09. The Hall–Kier alpha value is -0.930. The molecule has 15 heavy (non-hydrogen) atoms. The number of methoxy groups -OCH3 is 1. The van der Waals surface area contributed by atoms with E-state index in [9.17, 15) is 10.2 Å². The number of halogens is 1. The molecule has 0 saturated carbocycles. The largest absolute Gasteiger partial charge is 0.503 e. The fourth-order valence-electron chi connectivity index (χ4n) is 1.64. The van der Waals surface area contributed by atoms with Gasteiger partial charge in [-0.05, 0) is 32.4 Å². The normalized spacial score (nSPS) is 11.6. The van der Waals surface area contributed by atoms with Gasteiger partial charge in [0.05, 0.1) is 17.7 Å². The highest BCUT2D eigenvalue weighted by atomic mass is 35.5. The lowest BCUT2D eigenvalue weighted by Gasteiger charge is -2.23. The summed E-state index contributed by atoms with van der Waals surface area (Å²) >= 11 is 5.98. The Morgan fingerprint density at radius 1 is 1.40 bits per heavy atom. The maximum absolute atomic E-state index is 9.90. The van der Waals surface area contributed by atoms with Gasteiger partial charge < -0.3 is 14.9 Å². The van der Waals surface area contributed by atoms with Gasteiger partial charge in [0, 0.05) is 5.56 Å². The highest BCUT2D eigenvalue weighted by Crippen LogP contribution is 2.42. The molecule has 0 amide bonds. The van der Waals surface area contributed by atoms with E-state index >= 15 is 0 Å². The first-order chi connectivity index (χ1) is 6.79. The Morgan fingerprint density at radius 3 is 2.33 bits per heavy atom. The van der Waals surface area contributed by atoms with Crippen LogP contribution in [-0.2, 0) is 5.60 Å². The van der Waals surface area contributed by atoms with E-state index in [0.29, 0.717) is 11.3 Å². The smallest absolute Gasteiger partial charge is 0.177 e. The van der Waals surface area contributed by atoms with E-state index in [1.165, 1.54) is 7.11 Å². The summed E-state index contributed by atoms with van der Waals surface area (Å²) in [4.78, 5) is 0. The number of aromatic hydroxyl groups is 1. The molecule has 2 N–H and O–H groups in total. The average molecular weight is 231 g/mol. The summed E-state index contributed by atoms with van der Waals surface area (Å²) in [6.07, 6.45) is 0. The summed E-state index contributed by atoms with van der Waals surface area (Å²) in [7, 11) is 1.45. The minimum Gasteiger partial charge on any atom is -0.503 e. The first kappa shape index (κ1) is 12.1. The predicted octanol–water partition coefficient (Wildman–Crippen LogP) is 2.59. The van der Waals surface area contributed by atoms with Crippen molar-refractivity contribution >= 4 is 11.6 Å². The molecule has 4 heteroatoms. The van der Waals surface area contributed by atoms with E-state index < -0.39 is 5.60 Å². The van der Waals surface area contributed by atoms with Gasteiger partial charge in [0.15, 0.2) is 11.5 Å². The number of ether oxygens (including phenoxy) is 1. The highest BCUT2D eigenvalue weighted by Gasteiger charge is 2.25. The molecule has 0 fully saturated rings. The number of hydrogen-bond acceptors (Lipinski definition) is 3. The van der Waals surface area contributed by atoms with Gasteiger partial charge in [-0.15, -0.1) is 0 Å². The van der Waals surface area contributed by atoms with E-state index in [2.05, 4.69) is 0 Å². The molecule has 0 aliphatic carbocycles. The number of aliphatic hydroxyl groups is 1. The number of hydrogen-bond donors (Lipinski definition) is 2. The van der Waals surface area contributed by atoms with Crippen LogP contribution in [0.15, 0.2) is 6.07 Å². The average Bonchev–Trinajstić information content (AvgIpc) is 2.09. The second-order valence-electron chi connectivity index (χ2n) is 3.99. The van der Waals surface area contributed by atoms with Gasteiger partial charge in [-0.3, -0.25) is 0 Å². The fraction of sp³-hybridized carbons (Fsp3) is 0.455. The SMILES string of the molecule is COc1cc(C)c(C(C)(C)O)c(Cl)c1O. The van der Waals surface area contributed by atoms with Gasteiger partial charge in [0.25, 0.3) is 0 Å². The molecule has 0 unspecified atom stereocenters. The Bertz CT molecular complexity index is 380. The lowest BCUT2D eigenvalue weighted by molar-refractivity contribution is 0.0777. The predicted molar refractivity (Wildman–Crippen MR) is 59.7 cm³/mol. The second-order valence-corrected chi connectivity index (χ2v) is 4.37. The van der Waals surface area contributed by atoms with Crippen molar-refractivity contribution in [2.45, 2.75) is 26.4 Å². The third-order valence-corrected chi connectivity index (χ3v) is 2.60. The van der Waals surface area contributed by atoms with Crippen molar-refractivity contribution < 1.29 is 14.9 Å². The van der Waals surface area contributed by atoms with Crippen molar-refractivity contribution in [2.24, 2.45) is 0 Å². The number of phenolic OH excluding ortho intramolecular Hbond substituents is 1. The van der Waals surface area contributed by atoms with Gasteiger partial charge in [0.1, 0.15) is 0 Å². The Morgan fingerprint density at radius 2 is 1.93 bits per heavy atom. The fourth-order valence-corrected chi connectivity index (χ4v) is 2.12. The molecule has 0 heterocycles. The quantitative estimate of drug-likeness (QED) is 0.821. The molecule has 0 aliphatic rings. The molecule has 1 aromatic rings. The molecule has 0 aliphatic heterocycles. The van der Waals surface area contributed by atoms with Crippen LogP contribution in [-0.4, -0.2) is 17.3 Å². The van der Waals surface area contributed by atoms with Crippen molar-refractivity contribution in [1.29, 1.82) is 0 Å². The zero-order chi connectivity index (χ0) is 11.8. The molecule has 0 atom stereocenters. The third-order valence-electron chi connectivity index (χ3n) is 2.23. The molecule has 0 bridgehead atoms. The summed E-state index contributed by atoms with van der Waals surface area (Å²) in [5, 5.41) is 19.7. The summed E-state index contributed by atoms with van der Waals surface area (Å²) in [6, 6.07) is 1.65. The Balaban J connectivity index is 3.50. The van der Waals surface area contributed by atoms with Crippen LogP contribution in [0.3, 0.4) is 0 Å². The van der Waals surface area contributed by atoms with Crippen LogP contribution in [0.4, 0.5) is 0 Å². The third kappa shape index (κ3) is 2.19. The molecular formula is C11H15ClO3. The van der Waals surface area contributed by atoms with Crippen LogP contribution in [0.5, 0.6) is 11.5 Å². The van der Waals surface area contributed by atoms with Crippen LogP contribution in [0.2, 0.25) is 5.02 Å². The number of benzene rings is 1. The van der Waals surface area contributed by atoms with Crippen LogP contribution >= 0.6 is 11.6 Å². The van der Waals surface area contributed by atoms with Crippen LogP contribution < -0.4 is 4.74 Å². The van der Waals surface area contributed by atoms with Crippen molar-refractivity contribution in [2.75, 3.05) is 7.11 Å². The van der Waals surface area contributed by atoms with Crippen LogP contribution in [0.25, 0.3) is 0 Å². The van der Waals surface area contributed by atoms with Crippen LogP contribution in [0, 0.1) is 6.92 Å². The zero-order valence-corrected chi connectivity index (χ0v) is 10.0. The van der Waals surface area contributed by atoms with E-state index in [0.717, 1.165) is 5.56 Å². The summed E-state index contributed by atoms with van der Waals surface area (Å²) in [6.45, 7) is 5.04. The standard InChI is InChI=1S/C11H15ClO3/c1-6-5-7(15-4)10(13)9(12)8(6)11(2,3)14/h5,13-14H,1-4H3. The Labute approximate surface area is 94.3 Å². The molecule has 0 aromatic heterocycles. The van der Waals surface area contributed by atoms with E-state index in [-0.39, 0.29) is 10.8 Å². The summed E-state index contributed by atoms with van der Waals surface area (Å²) in [5.74, 6) is 0.174. The van der Waals surface area contributed by atoms with Gasteiger partial charge in [0.2, 0.25) is 0 Å². The summed E-state index contributed by atoms with van der Waals surface area (Å²) < 4.78 is 4.96. The molecule has 0 spiro atoms. The zero-order valence-electron chi connectivity index (χ0n) is 9.26. The molecule has 84 valence electrons. The number of rotatable bonds is 2. The lowest BCUT2D eigenvalue weighted by atomic mass is 9.93. The maximum Gasteiger partial charge on any atom is 0.177 e. The molecule has 0 radical (unpaired) electrons. The van der Waals surface area contributed by atoms with Gasteiger partial charge >= 0.3 is 0 Å². The molecule has 3 nitrogen and oxygen atoms in total. The molecule has 1 rings (SSSR count). The number of phenols is 1. The minimum absolute atomic E-state index is 0.137. The number of aryl methyl sites for hydroxylation is 1. The van der Waals surface area contributed by atoms with E-state index in [1.807, 2.05) is 0 Å². The van der Waals surface area contributed by atoms with Crippen molar-refractivity contribution in [3.05, 3.63) is 22.2 Å². The highest BCUT2D eigenvalue weighted by molar-refractivity contribution is 6.33. The Kier molecular flexibility index (Phi) is 3.16. The van der Waals surface area contributed by atoms with E-state index in [1.54, 1.807) is 26.8 Å². The molecular weight excluding hydrogens is 216 g/mol. The first-order valence-electron chi connectivity index (χ1n) is 4.58. The van der Waals surface area contributed by atoms with Gasteiger partial charge in [-0.1, -0.05) is 11.6 Å². The summed E-state index contributed by atoms with van der Waals surface area (Å²) in [5.41, 5.74) is 0.204. The monoisotopic (exact) mass is 230 g/mol. The lowest BCUT2D eigenvalue weighted by Crippen LogP contribution is -2.18. The molecule has 1 aromatic carbocycles. The first-order valence-corrected chi connectivity index (χ1v) is 4.95. The molecule has 0 saturated heterocycles. The van der Waals surface area contributed by atoms with Crippen molar-refractivity contribution in [1.82, 2.24) is 0 Å². The maximum atomic E-state index is 9.90. The van der Waals surface area contributed by atoms with Gasteiger partial charge in [-0.2, -0.15) is 0 Å². The second kappa shape index (κ2) is 3.91. The van der Waals surface area contributed by atoms with E-state index in [4.69, 9.17) is 16.3 Å².